The van der Waals surface area contributed by atoms with Gasteiger partial charge >= 0.3 is 14.1 Å². The maximum Gasteiger partial charge on any atom is 0.379 e. The molecule has 0 aliphatic carbocycles. The molecule has 0 radical (unpaired) electrons. The number of carbonyl (C=O) groups excluding carboxylic acids is 1. The van der Waals surface area contributed by atoms with E-state index in [9.17, 15) is 9.69 Å². The molecule has 3 aliphatic rings. The van der Waals surface area contributed by atoms with Crippen molar-refractivity contribution in [3.63, 3.8) is 0 Å². The number of hydrogen-bond donors (Lipinski definition) is 0. The molecule has 2 bridgehead atoms. The first-order valence-corrected chi connectivity index (χ1v) is 6.27. The zero-order valence-corrected chi connectivity index (χ0v) is 9.83. The van der Waals surface area contributed by atoms with Crippen molar-refractivity contribution in [2.45, 2.75) is 6.92 Å². The van der Waals surface area contributed by atoms with Gasteiger partial charge in [-0.2, -0.15) is 13.6 Å². The molecule has 3 aliphatic heterocycles. The van der Waals surface area contributed by atoms with Gasteiger partial charge in [0.15, 0.2) is 0 Å². The normalized spacial score (nSPS) is 37.1. The fourth-order valence-electron chi connectivity index (χ4n) is 1.35. The molecule has 16 heavy (non-hydrogen) atoms. The molecule has 3 heterocycles. The fraction of sp³-hybridized carbons (Fsp3) is 0.667. The second kappa shape index (κ2) is 4.05. The van der Waals surface area contributed by atoms with Gasteiger partial charge in [-0.05, 0) is 6.92 Å². The lowest BCUT2D eigenvalue weighted by Crippen LogP contribution is -2.51. The van der Waals surface area contributed by atoms with E-state index in [4.69, 9.17) is 18.3 Å². The SMILES string of the molecule is C=C(C)C(=O)OCC12CO[P+]([O-])(OC1)OC2. The molecule has 3 rings (SSSR count). The number of phosphoric ester groups is 1. The summed E-state index contributed by atoms with van der Waals surface area (Å²) in [6, 6.07) is 0. The largest absolute Gasteiger partial charge is 0.606 e. The first-order valence-electron chi connectivity index (χ1n) is 4.81. The second-order valence-corrected chi connectivity index (χ2v) is 5.79. The predicted octanol–water partition coefficient (Wildman–Crippen LogP) is 0.207. The summed E-state index contributed by atoms with van der Waals surface area (Å²) in [5, 5.41) is 0. The summed E-state index contributed by atoms with van der Waals surface area (Å²) in [5.41, 5.74) is -0.214. The summed E-state index contributed by atoms with van der Waals surface area (Å²) in [5.74, 6) is -0.464. The van der Waals surface area contributed by atoms with Crippen LogP contribution in [0, 0.1) is 5.41 Å². The van der Waals surface area contributed by atoms with E-state index in [2.05, 4.69) is 6.58 Å². The summed E-state index contributed by atoms with van der Waals surface area (Å²) >= 11 is 0. The number of hydrogen-bond acceptors (Lipinski definition) is 6. The van der Waals surface area contributed by atoms with Gasteiger partial charge in [-0.1, -0.05) is 6.58 Å². The first kappa shape index (κ1) is 12.0. The van der Waals surface area contributed by atoms with Crippen LogP contribution in [-0.2, 0) is 23.1 Å². The average molecular weight is 248 g/mol. The summed E-state index contributed by atoms with van der Waals surface area (Å²) < 4.78 is 19.9. The Kier molecular flexibility index (Phi) is 3.03. The Hall–Kier alpha value is -0.520. The van der Waals surface area contributed by atoms with Gasteiger partial charge in [-0.25, -0.2) is 4.79 Å². The third kappa shape index (κ3) is 2.26. The average Bonchev–Trinajstić information content (AvgIpc) is 2.28. The lowest BCUT2D eigenvalue weighted by atomic mass is 9.92. The highest BCUT2D eigenvalue weighted by Gasteiger charge is 2.55. The minimum Gasteiger partial charge on any atom is -0.606 e. The molecule has 0 aromatic carbocycles. The van der Waals surface area contributed by atoms with Crippen LogP contribution < -0.4 is 4.89 Å². The maximum atomic E-state index is 11.4. The highest BCUT2D eigenvalue weighted by atomic mass is 31.2. The van der Waals surface area contributed by atoms with Crippen LogP contribution in [0.25, 0.3) is 0 Å². The molecule has 0 saturated carbocycles. The van der Waals surface area contributed by atoms with Gasteiger partial charge in [0.05, 0.1) is 5.41 Å². The smallest absolute Gasteiger partial charge is 0.379 e. The Morgan fingerprint density at radius 3 is 2.38 bits per heavy atom. The van der Waals surface area contributed by atoms with Crippen molar-refractivity contribution in [1.82, 2.24) is 0 Å². The van der Waals surface area contributed by atoms with Crippen molar-refractivity contribution in [3.8, 4) is 0 Å². The molecule has 90 valence electrons. The van der Waals surface area contributed by atoms with Crippen LogP contribution in [0.5, 0.6) is 0 Å². The fourth-order valence-corrected chi connectivity index (χ4v) is 2.87. The Morgan fingerprint density at radius 1 is 1.44 bits per heavy atom. The van der Waals surface area contributed by atoms with Crippen LogP contribution in [0.4, 0.5) is 0 Å². The zero-order valence-electron chi connectivity index (χ0n) is 8.93. The van der Waals surface area contributed by atoms with Gasteiger partial charge in [0.1, 0.15) is 26.4 Å². The van der Waals surface area contributed by atoms with Gasteiger partial charge < -0.3 is 9.63 Å². The van der Waals surface area contributed by atoms with E-state index in [0.29, 0.717) is 5.57 Å². The van der Waals surface area contributed by atoms with Crippen molar-refractivity contribution in [2.24, 2.45) is 5.41 Å². The minimum atomic E-state index is -3.30. The zero-order chi connectivity index (χ0) is 11.8. The monoisotopic (exact) mass is 248 g/mol. The van der Waals surface area contributed by atoms with E-state index in [1.807, 2.05) is 0 Å². The van der Waals surface area contributed by atoms with Crippen LogP contribution in [-0.4, -0.2) is 32.4 Å². The van der Waals surface area contributed by atoms with Gasteiger partial charge in [0.25, 0.3) is 0 Å². The molecule has 0 spiro atoms. The maximum absolute atomic E-state index is 11.4. The lowest BCUT2D eigenvalue weighted by Gasteiger charge is -2.44. The number of esters is 1. The first-order chi connectivity index (χ1) is 7.45. The lowest BCUT2D eigenvalue weighted by molar-refractivity contribution is -0.290. The van der Waals surface area contributed by atoms with E-state index in [1.54, 1.807) is 6.92 Å². The molecule has 0 aromatic heterocycles. The molecule has 7 heteroatoms. The molecule has 0 N–H and O–H groups in total. The standard InChI is InChI=1S/C9H13O6P/c1-7(2)8(10)12-3-9-4-13-16(11,14-5-9)15-6-9/h1,3-6H2,2H3. The van der Waals surface area contributed by atoms with Gasteiger partial charge in [0.2, 0.25) is 0 Å². The Morgan fingerprint density at radius 2 is 1.94 bits per heavy atom. The predicted molar refractivity (Wildman–Crippen MR) is 53.0 cm³/mol. The van der Waals surface area contributed by atoms with Crippen LogP contribution in [0.1, 0.15) is 6.92 Å². The van der Waals surface area contributed by atoms with Crippen LogP contribution in [0.3, 0.4) is 0 Å². The highest BCUT2D eigenvalue weighted by Crippen LogP contribution is 2.63. The molecule has 3 fully saturated rings. The van der Waals surface area contributed by atoms with Crippen molar-refractivity contribution < 1.29 is 28.0 Å². The third-order valence-electron chi connectivity index (χ3n) is 2.44. The second-order valence-electron chi connectivity index (χ2n) is 4.12. The van der Waals surface area contributed by atoms with Gasteiger partial charge in [-0.3, -0.25) is 0 Å². The summed E-state index contributed by atoms with van der Waals surface area (Å²) in [7, 11) is -3.30. The van der Waals surface area contributed by atoms with E-state index in [-0.39, 0.29) is 26.4 Å². The Balaban J connectivity index is 1.91. The molecule has 0 aromatic rings. The Bertz CT molecular complexity index is 303. The summed E-state index contributed by atoms with van der Waals surface area (Å²) in [4.78, 5) is 22.7. The molecule has 6 nitrogen and oxygen atoms in total. The van der Waals surface area contributed by atoms with Crippen molar-refractivity contribution in [3.05, 3.63) is 12.2 Å². The topological polar surface area (TPSA) is 77.1 Å². The van der Waals surface area contributed by atoms with Gasteiger partial charge in [0, 0.05) is 5.57 Å². The molecule has 3 saturated heterocycles. The highest BCUT2D eigenvalue weighted by molar-refractivity contribution is 7.54. The number of ether oxygens (including phenoxy) is 1. The number of carbonyl (C=O) groups is 1. The molecule has 0 amide bonds. The molecular formula is C9H13O6P. The van der Waals surface area contributed by atoms with Crippen LogP contribution in [0.2, 0.25) is 0 Å². The molecule has 0 atom stereocenters. The third-order valence-corrected chi connectivity index (χ3v) is 3.78. The van der Waals surface area contributed by atoms with Crippen molar-refractivity contribution in [2.75, 3.05) is 26.4 Å². The van der Waals surface area contributed by atoms with Gasteiger partial charge in [-0.15, -0.1) is 0 Å². The number of rotatable bonds is 3. The summed E-state index contributed by atoms with van der Waals surface area (Å²) in [6.45, 7) is 5.80. The van der Waals surface area contributed by atoms with Crippen LogP contribution in [0.15, 0.2) is 12.2 Å². The minimum absolute atomic E-state index is 0.110. The van der Waals surface area contributed by atoms with E-state index >= 15 is 0 Å². The van der Waals surface area contributed by atoms with E-state index in [1.165, 1.54) is 0 Å². The Labute approximate surface area is 93.8 Å². The van der Waals surface area contributed by atoms with E-state index in [0.717, 1.165) is 0 Å². The quantitative estimate of drug-likeness (QED) is 0.403. The van der Waals surface area contributed by atoms with Crippen LogP contribution >= 0.6 is 8.17 Å². The van der Waals surface area contributed by atoms with E-state index < -0.39 is 19.6 Å². The number of fused-ring (bicyclic) bond motifs is 3. The number of phosphoric acid groups is 1. The van der Waals surface area contributed by atoms with Crippen molar-refractivity contribution in [1.29, 1.82) is 0 Å². The van der Waals surface area contributed by atoms with Crippen molar-refractivity contribution >= 4 is 14.1 Å². The summed E-state index contributed by atoms with van der Waals surface area (Å²) in [6.07, 6.45) is 0. The molecule has 0 unspecified atom stereocenters. The molecular weight excluding hydrogens is 235 g/mol.